The number of fused-ring (bicyclic) bond motifs is 1. The van der Waals surface area contributed by atoms with Crippen LogP contribution >= 0.6 is 0 Å². The van der Waals surface area contributed by atoms with E-state index in [9.17, 15) is 9.90 Å². The van der Waals surface area contributed by atoms with Crippen molar-refractivity contribution in [2.75, 3.05) is 13.2 Å². The van der Waals surface area contributed by atoms with Gasteiger partial charge in [-0.25, -0.2) is 0 Å². The van der Waals surface area contributed by atoms with Gasteiger partial charge in [-0.05, 0) is 37.3 Å². The van der Waals surface area contributed by atoms with E-state index < -0.39 is 13.9 Å². The van der Waals surface area contributed by atoms with Crippen LogP contribution in [0.15, 0.2) is 41.5 Å². The molecule has 0 radical (unpaired) electrons. The number of nitrogens with zero attached hydrogens (tertiary/aromatic N) is 1. The third-order valence-electron chi connectivity index (χ3n) is 8.64. The minimum atomic E-state index is -1.76. The highest BCUT2D eigenvalue weighted by molar-refractivity contribution is 6.89. The van der Waals surface area contributed by atoms with Crippen LogP contribution in [-0.4, -0.2) is 61.2 Å². The van der Waals surface area contributed by atoms with Crippen LogP contribution in [0, 0.1) is 5.41 Å². The fourth-order valence-corrected chi connectivity index (χ4v) is 9.74. The highest BCUT2D eigenvalue weighted by Gasteiger charge is 2.58. The maximum absolute atomic E-state index is 13.9. The minimum Gasteiger partial charge on any atom is -0.393 e. The number of amides is 1. The van der Waals surface area contributed by atoms with Crippen molar-refractivity contribution in [2.24, 2.45) is 5.41 Å². The van der Waals surface area contributed by atoms with Gasteiger partial charge >= 0.3 is 0 Å². The number of piperidine rings is 1. The number of carbonyl (C=O) groups excluding carboxylic acids is 1. The first-order valence-electron chi connectivity index (χ1n) is 12.2. The van der Waals surface area contributed by atoms with Gasteiger partial charge in [-0.1, -0.05) is 62.5 Å². The van der Waals surface area contributed by atoms with Gasteiger partial charge in [0.15, 0.2) is 5.79 Å². The Hall–Kier alpha value is -1.47. The predicted octanol–water partition coefficient (Wildman–Crippen LogP) is 3.59. The Morgan fingerprint density at radius 3 is 2.50 bits per heavy atom. The molecule has 2 saturated heterocycles. The molecule has 1 N–H and O–H groups in total. The van der Waals surface area contributed by atoms with E-state index in [1.54, 1.807) is 0 Å². The molecule has 5 rings (SSSR count). The van der Waals surface area contributed by atoms with Gasteiger partial charge in [0.2, 0.25) is 5.91 Å². The Kier molecular flexibility index (Phi) is 5.44. The van der Waals surface area contributed by atoms with Gasteiger partial charge in [0.1, 0.15) is 0 Å². The lowest BCUT2D eigenvalue weighted by Gasteiger charge is -2.55. The van der Waals surface area contributed by atoms with E-state index in [2.05, 4.69) is 62.2 Å². The Morgan fingerprint density at radius 1 is 1.12 bits per heavy atom. The van der Waals surface area contributed by atoms with E-state index in [-0.39, 0.29) is 29.5 Å². The molecule has 0 bridgehead atoms. The number of ether oxygens (including phenoxy) is 2. The van der Waals surface area contributed by atoms with Crippen LogP contribution in [0.5, 0.6) is 0 Å². The molecule has 1 aliphatic carbocycles. The van der Waals surface area contributed by atoms with Crippen molar-refractivity contribution in [3.05, 3.63) is 41.5 Å². The number of rotatable bonds is 3. The maximum atomic E-state index is 13.9. The summed E-state index contributed by atoms with van der Waals surface area (Å²) < 4.78 is 12.3. The topological polar surface area (TPSA) is 59.0 Å². The monoisotopic (exact) mass is 455 g/mol. The molecule has 1 spiro atoms. The van der Waals surface area contributed by atoms with Crippen molar-refractivity contribution < 1.29 is 19.4 Å². The maximum Gasteiger partial charge on any atom is 0.250 e. The van der Waals surface area contributed by atoms with E-state index in [1.807, 2.05) is 0 Å². The normalized spacial score (nSPS) is 31.6. The summed E-state index contributed by atoms with van der Waals surface area (Å²) in [4.78, 5) is 16.1. The summed E-state index contributed by atoms with van der Waals surface area (Å²) in [6.45, 7) is 10.4. The van der Waals surface area contributed by atoms with Crippen LogP contribution in [0.1, 0.15) is 46.0 Å². The molecule has 0 saturated carbocycles. The number of carbonyl (C=O) groups is 1. The summed E-state index contributed by atoms with van der Waals surface area (Å²) in [5.41, 5.74) is 1.84. The molecule has 1 amide bonds. The molecule has 1 aromatic carbocycles. The molecule has 3 heterocycles. The SMILES string of the molecule is CC1(C)C2=C(CCC13OCCO3)C(=O)N1[C@@H](C[Si](C)(C)c3ccccc3)C[C@@H](O)C[C@@H]1C2. The first-order valence-corrected chi connectivity index (χ1v) is 15.4. The molecule has 6 heteroatoms. The number of aliphatic hydroxyl groups excluding tert-OH is 1. The molecule has 174 valence electrons. The Balaban J connectivity index is 1.47. The second kappa shape index (κ2) is 7.79. The summed E-state index contributed by atoms with van der Waals surface area (Å²) in [5, 5.41) is 12.2. The molecular formula is C26H37NO4Si. The number of benzene rings is 1. The van der Waals surface area contributed by atoms with Crippen LogP contribution in [0.2, 0.25) is 19.1 Å². The molecule has 2 fully saturated rings. The van der Waals surface area contributed by atoms with Crippen molar-refractivity contribution >= 4 is 19.2 Å². The van der Waals surface area contributed by atoms with Gasteiger partial charge in [0, 0.05) is 29.5 Å². The zero-order valence-electron chi connectivity index (χ0n) is 19.9. The van der Waals surface area contributed by atoms with Gasteiger partial charge < -0.3 is 19.5 Å². The van der Waals surface area contributed by atoms with E-state index >= 15 is 0 Å². The molecule has 0 aromatic heterocycles. The second-order valence-electron chi connectivity index (χ2n) is 11.3. The second-order valence-corrected chi connectivity index (χ2v) is 16.1. The fraction of sp³-hybridized carbons (Fsp3) is 0.654. The fourth-order valence-electron chi connectivity index (χ4n) is 6.87. The van der Waals surface area contributed by atoms with E-state index in [4.69, 9.17) is 9.47 Å². The number of aliphatic hydroxyl groups is 1. The molecule has 32 heavy (non-hydrogen) atoms. The first-order chi connectivity index (χ1) is 15.1. The molecule has 0 unspecified atom stereocenters. The van der Waals surface area contributed by atoms with Crippen molar-refractivity contribution in [3.63, 3.8) is 0 Å². The lowest BCUT2D eigenvalue weighted by Crippen LogP contribution is -2.61. The van der Waals surface area contributed by atoms with Crippen molar-refractivity contribution in [1.29, 1.82) is 0 Å². The lowest BCUT2D eigenvalue weighted by atomic mass is 9.63. The first kappa shape index (κ1) is 22.3. The third kappa shape index (κ3) is 3.42. The molecule has 3 atom stereocenters. The average molecular weight is 456 g/mol. The van der Waals surface area contributed by atoms with Crippen LogP contribution in [0.4, 0.5) is 0 Å². The van der Waals surface area contributed by atoms with E-state index in [1.165, 1.54) is 10.8 Å². The largest absolute Gasteiger partial charge is 0.393 e. The zero-order chi connectivity index (χ0) is 22.7. The zero-order valence-corrected chi connectivity index (χ0v) is 20.9. The van der Waals surface area contributed by atoms with Crippen molar-refractivity contribution in [2.45, 2.75) is 89.1 Å². The number of hydrogen-bond acceptors (Lipinski definition) is 4. The van der Waals surface area contributed by atoms with Crippen molar-refractivity contribution in [3.8, 4) is 0 Å². The van der Waals surface area contributed by atoms with E-state index in [0.29, 0.717) is 26.1 Å². The minimum absolute atomic E-state index is 0.0615. The van der Waals surface area contributed by atoms with E-state index in [0.717, 1.165) is 30.9 Å². The van der Waals surface area contributed by atoms with Gasteiger partial charge in [0.25, 0.3) is 0 Å². The standard InChI is InChI=1S/C26H37NO4Si/c1-25(2)23-16-18-14-20(28)15-19(17-32(3,4)21-8-6-5-7-9-21)27(18)24(29)22(23)10-11-26(25)30-12-13-31-26/h5-9,18-20,28H,10-17H2,1-4H3/t18-,19-,20+/m1/s1. The van der Waals surface area contributed by atoms with Gasteiger partial charge in [-0.15, -0.1) is 0 Å². The molecule has 1 aromatic rings. The third-order valence-corrected chi connectivity index (χ3v) is 12.0. The summed E-state index contributed by atoms with van der Waals surface area (Å²) in [6.07, 6.45) is 3.28. The highest BCUT2D eigenvalue weighted by Crippen LogP contribution is 2.55. The Labute approximate surface area is 192 Å². The molecule has 4 aliphatic rings. The molecular weight excluding hydrogens is 418 g/mol. The van der Waals surface area contributed by atoms with Gasteiger partial charge in [-0.3, -0.25) is 4.79 Å². The Morgan fingerprint density at radius 2 is 1.81 bits per heavy atom. The average Bonchev–Trinajstić information content (AvgIpc) is 3.22. The van der Waals surface area contributed by atoms with Gasteiger partial charge in [0.05, 0.1) is 27.4 Å². The predicted molar refractivity (Wildman–Crippen MR) is 127 cm³/mol. The van der Waals surface area contributed by atoms with Crippen LogP contribution < -0.4 is 5.19 Å². The molecule has 5 nitrogen and oxygen atoms in total. The lowest BCUT2D eigenvalue weighted by molar-refractivity contribution is -0.226. The van der Waals surface area contributed by atoms with Crippen LogP contribution in [0.25, 0.3) is 0 Å². The molecule has 3 aliphatic heterocycles. The number of hydrogen-bond donors (Lipinski definition) is 1. The summed E-state index contributed by atoms with van der Waals surface area (Å²) in [5.74, 6) is -0.407. The summed E-state index contributed by atoms with van der Waals surface area (Å²) >= 11 is 0. The summed E-state index contributed by atoms with van der Waals surface area (Å²) in [7, 11) is -1.76. The highest BCUT2D eigenvalue weighted by atomic mass is 28.3. The quantitative estimate of drug-likeness (QED) is 0.708. The van der Waals surface area contributed by atoms with Crippen molar-refractivity contribution in [1.82, 2.24) is 4.90 Å². The Bertz CT molecular complexity index is 919. The summed E-state index contributed by atoms with van der Waals surface area (Å²) in [6, 6.07) is 11.9. The van der Waals surface area contributed by atoms with Gasteiger partial charge in [-0.2, -0.15) is 0 Å². The van der Waals surface area contributed by atoms with Crippen LogP contribution in [0.3, 0.4) is 0 Å². The smallest absolute Gasteiger partial charge is 0.250 e. The van der Waals surface area contributed by atoms with Crippen LogP contribution in [-0.2, 0) is 14.3 Å².